The minimum Gasteiger partial charge on any atom is -0.494 e. The summed E-state index contributed by atoms with van der Waals surface area (Å²) in [5, 5.41) is 9.53. The number of hydrogen-bond acceptors (Lipinski definition) is 3. The van der Waals surface area contributed by atoms with Gasteiger partial charge in [0, 0.05) is 12.0 Å². The van der Waals surface area contributed by atoms with Crippen molar-refractivity contribution in [3.63, 3.8) is 0 Å². The van der Waals surface area contributed by atoms with Gasteiger partial charge >= 0.3 is 0 Å². The number of aryl methyl sites for hydroxylation is 1. The van der Waals surface area contributed by atoms with Crippen LogP contribution in [0, 0.1) is 6.92 Å². The Bertz CT molecular complexity index is 397. The molecule has 0 saturated heterocycles. The van der Waals surface area contributed by atoms with Crippen LogP contribution in [0.1, 0.15) is 30.9 Å². The molecule has 3 nitrogen and oxygen atoms in total. The Labute approximate surface area is 103 Å². The van der Waals surface area contributed by atoms with Gasteiger partial charge in [0.15, 0.2) is 0 Å². The molecule has 2 rings (SSSR count). The monoisotopic (exact) mass is 235 g/mol. The van der Waals surface area contributed by atoms with Crippen LogP contribution in [0.4, 0.5) is 0 Å². The molecule has 3 N–H and O–H groups in total. The maximum Gasteiger partial charge on any atom is 0.119 e. The summed E-state index contributed by atoms with van der Waals surface area (Å²) in [5.74, 6) is 0.904. The number of nitrogens with two attached hydrogens (primary N) is 1. The molecule has 0 aromatic heterocycles. The number of aliphatic hydroxyl groups excluding tert-OH is 1. The van der Waals surface area contributed by atoms with E-state index >= 15 is 0 Å². The topological polar surface area (TPSA) is 55.5 Å². The van der Waals surface area contributed by atoms with Crippen molar-refractivity contribution in [3.8, 4) is 5.75 Å². The third-order valence-electron chi connectivity index (χ3n) is 3.72. The molecule has 1 aromatic carbocycles. The zero-order valence-electron chi connectivity index (χ0n) is 10.6. The maximum atomic E-state index is 9.53. The first-order chi connectivity index (χ1) is 8.11. The molecule has 1 aliphatic rings. The largest absolute Gasteiger partial charge is 0.494 e. The highest BCUT2D eigenvalue weighted by Crippen LogP contribution is 2.44. The summed E-state index contributed by atoms with van der Waals surface area (Å²) in [5.41, 5.74) is 8.33. The Morgan fingerprint density at radius 1 is 1.47 bits per heavy atom. The van der Waals surface area contributed by atoms with Gasteiger partial charge in [-0.3, -0.25) is 0 Å². The fourth-order valence-corrected chi connectivity index (χ4v) is 2.83. The molecule has 0 atom stereocenters. The van der Waals surface area contributed by atoms with Crippen molar-refractivity contribution < 1.29 is 9.84 Å². The fraction of sp³-hybridized carbons (Fsp3) is 0.571. The minimum absolute atomic E-state index is 0.0196. The van der Waals surface area contributed by atoms with E-state index in [0.717, 1.165) is 18.6 Å². The molecule has 0 aliphatic heterocycles. The number of rotatable bonds is 4. The van der Waals surface area contributed by atoms with Crippen LogP contribution in [0.5, 0.6) is 5.75 Å². The van der Waals surface area contributed by atoms with E-state index in [1.54, 1.807) is 0 Å². The van der Waals surface area contributed by atoms with Gasteiger partial charge in [0.25, 0.3) is 0 Å². The summed E-state index contributed by atoms with van der Waals surface area (Å²) in [6.07, 6.45) is 1.36. The summed E-state index contributed by atoms with van der Waals surface area (Å²) in [6.45, 7) is 5.34. The van der Waals surface area contributed by atoms with Crippen molar-refractivity contribution in [2.45, 2.75) is 38.2 Å². The Balaban J connectivity index is 2.27. The van der Waals surface area contributed by atoms with Crippen LogP contribution in [0.2, 0.25) is 0 Å². The summed E-state index contributed by atoms with van der Waals surface area (Å²) < 4.78 is 5.48. The van der Waals surface area contributed by atoms with Gasteiger partial charge in [-0.15, -0.1) is 0 Å². The first-order valence-corrected chi connectivity index (χ1v) is 6.23. The predicted molar refractivity (Wildman–Crippen MR) is 68.3 cm³/mol. The van der Waals surface area contributed by atoms with Gasteiger partial charge in [0.05, 0.1) is 12.7 Å². The van der Waals surface area contributed by atoms with Crippen molar-refractivity contribution in [2.75, 3.05) is 13.2 Å². The number of ether oxygens (including phenoxy) is 1. The molecule has 0 heterocycles. The highest BCUT2D eigenvalue weighted by molar-refractivity contribution is 5.41. The zero-order chi connectivity index (χ0) is 12.5. The summed E-state index contributed by atoms with van der Waals surface area (Å²) in [7, 11) is 0. The molecule has 0 spiro atoms. The van der Waals surface area contributed by atoms with E-state index in [0.29, 0.717) is 13.2 Å². The SMILES string of the molecule is CCOc1ccc(C2(CN)CC(O)C2)c(C)c1. The van der Waals surface area contributed by atoms with Crippen LogP contribution in [-0.4, -0.2) is 24.4 Å². The molecule has 1 saturated carbocycles. The summed E-state index contributed by atoms with van der Waals surface area (Å²) in [4.78, 5) is 0. The second kappa shape index (κ2) is 4.67. The van der Waals surface area contributed by atoms with Crippen LogP contribution in [0.3, 0.4) is 0 Å². The van der Waals surface area contributed by atoms with Crippen molar-refractivity contribution in [1.82, 2.24) is 0 Å². The van der Waals surface area contributed by atoms with E-state index in [1.807, 2.05) is 13.0 Å². The molecular formula is C14H21NO2. The highest BCUT2D eigenvalue weighted by Gasteiger charge is 2.44. The molecule has 1 fully saturated rings. The third kappa shape index (κ3) is 2.17. The van der Waals surface area contributed by atoms with Gasteiger partial charge in [0.2, 0.25) is 0 Å². The van der Waals surface area contributed by atoms with Crippen molar-refractivity contribution >= 4 is 0 Å². The lowest BCUT2D eigenvalue weighted by molar-refractivity contribution is 0.0218. The molecule has 1 aliphatic carbocycles. The van der Waals surface area contributed by atoms with Gasteiger partial charge < -0.3 is 15.6 Å². The molecule has 3 heteroatoms. The Morgan fingerprint density at radius 2 is 2.18 bits per heavy atom. The first kappa shape index (κ1) is 12.4. The second-order valence-corrected chi connectivity index (χ2v) is 4.96. The van der Waals surface area contributed by atoms with Crippen LogP contribution in [0.25, 0.3) is 0 Å². The lowest BCUT2D eigenvalue weighted by Crippen LogP contribution is -2.50. The molecule has 0 amide bonds. The fourth-order valence-electron chi connectivity index (χ4n) is 2.83. The van der Waals surface area contributed by atoms with Gasteiger partial charge in [-0.25, -0.2) is 0 Å². The molecule has 17 heavy (non-hydrogen) atoms. The molecule has 0 bridgehead atoms. The third-order valence-corrected chi connectivity index (χ3v) is 3.72. The summed E-state index contributed by atoms with van der Waals surface area (Å²) >= 11 is 0. The average Bonchev–Trinajstić information content (AvgIpc) is 2.26. The van der Waals surface area contributed by atoms with Gasteiger partial charge in [-0.1, -0.05) is 6.07 Å². The molecule has 0 unspecified atom stereocenters. The number of hydrogen-bond donors (Lipinski definition) is 2. The van der Waals surface area contributed by atoms with Crippen molar-refractivity contribution in [2.24, 2.45) is 5.73 Å². The van der Waals surface area contributed by atoms with Gasteiger partial charge in [-0.2, -0.15) is 0 Å². The van der Waals surface area contributed by atoms with Gasteiger partial charge in [0.1, 0.15) is 5.75 Å². The number of aliphatic hydroxyl groups is 1. The van der Waals surface area contributed by atoms with E-state index in [-0.39, 0.29) is 11.5 Å². The maximum absolute atomic E-state index is 9.53. The van der Waals surface area contributed by atoms with Crippen LogP contribution in [-0.2, 0) is 5.41 Å². The van der Waals surface area contributed by atoms with Crippen molar-refractivity contribution in [1.29, 1.82) is 0 Å². The molecule has 0 radical (unpaired) electrons. The standard InChI is InChI=1S/C14H21NO2/c1-3-17-12-4-5-13(10(2)6-12)14(9-15)7-11(16)8-14/h4-6,11,16H,3,7-9,15H2,1-2H3. The molecule has 94 valence electrons. The smallest absolute Gasteiger partial charge is 0.119 e. The minimum atomic E-state index is -0.190. The van der Waals surface area contributed by atoms with E-state index in [9.17, 15) is 5.11 Å². The normalized spacial score (nSPS) is 27.6. The van der Waals surface area contributed by atoms with Crippen LogP contribution < -0.4 is 10.5 Å². The quantitative estimate of drug-likeness (QED) is 0.836. The Hall–Kier alpha value is -1.06. The van der Waals surface area contributed by atoms with Crippen LogP contribution in [0.15, 0.2) is 18.2 Å². The van der Waals surface area contributed by atoms with E-state index < -0.39 is 0 Å². The highest BCUT2D eigenvalue weighted by atomic mass is 16.5. The van der Waals surface area contributed by atoms with Gasteiger partial charge in [-0.05, 0) is 49.9 Å². The van der Waals surface area contributed by atoms with E-state index in [2.05, 4.69) is 19.1 Å². The Morgan fingerprint density at radius 3 is 2.65 bits per heavy atom. The van der Waals surface area contributed by atoms with E-state index in [1.165, 1.54) is 11.1 Å². The lowest BCUT2D eigenvalue weighted by Gasteiger charge is -2.46. The first-order valence-electron chi connectivity index (χ1n) is 6.23. The van der Waals surface area contributed by atoms with Crippen LogP contribution >= 0.6 is 0 Å². The second-order valence-electron chi connectivity index (χ2n) is 4.96. The Kier molecular flexibility index (Phi) is 3.40. The molecule has 1 aromatic rings. The zero-order valence-corrected chi connectivity index (χ0v) is 10.6. The molecular weight excluding hydrogens is 214 g/mol. The predicted octanol–water partition coefficient (Wildman–Crippen LogP) is 1.74. The van der Waals surface area contributed by atoms with Crippen molar-refractivity contribution in [3.05, 3.63) is 29.3 Å². The summed E-state index contributed by atoms with van der Waals surface area (Å²) in [6, 6.07) is 6.15. The number of benzene rings is 1. The lowest BCUT2D eigenvalue weighted by atomic mass is 9.62. The van der Waals surface area contributed by atoms with E-state index in [4.69, 9.17) is 10.5 Å². The average molecular weight is 235 g/mol.